The zero-order valence-electron chi connectivity index (χ0n) is 15.0. The van der Waals surface area contributed by atoms with Crippen LogP contribution in [-0.2, 0) is 11.2 Å². The van der Waals surface area contributed by atoms with Gasteiger partial charge in [0.05, 0.1) is 11.7 Å². The van der Waals surface area contributed by atoms with Gasteiger partial charge in [0.15, 0.2) is 0 Å². The second-order valence-corrected chi connectivity index (χ2v) is 6.71. The van der Waals surface area contributed by atoms with Gasteiger partial charge in [-0.2, -0.15) is 5.26 Å². The molecular weight excluding hydrogens is 294 g/mol. The molecule has 1 aliphatic carbocycles. The van der Waals surface area contributed by atoms with Crippen molar-refractivity contribution >= 4 is 0 Å². The summed E-state index contributed by atoms with van der Waals surface area (Å²) in [5.74, 6) is 0.674. The molecule has 1 aromatic carbocycles. The summed E-state index contributed by atoms with van der Waals surface area (Å²) in [6, 6.07) is 11.2. The molecule has 24 heavy (non-hydrogen) atoms. The summed E-state index contributed by atoms with van der Waals surface area (Å²) in [6.07, 6.45) is 15.2. The first-order chi connectivity index (χ1) is 11.7. The first-order valence-corrected chi connectivity index (χ1v) is 9.08. The maximum Gasteiger partial charge on any atom is 0.0912 e. The van der Waals surface area contributed by atoms with Gasteiger partial charge in [-0.05, 0) is 62.0 Å². The van der Waals surface area contributed by atoms with Crippen LogP contribution in [0.4, 0.5) is 0 Å². The second kappa shape index (κ2) is 9.45. The van der Waals surface area contributed by atoms with E-state index in [2.05, 4.69) is 37.3 Å². The molecule has 0 aromatic heterocycles. The van der Waals surface area contributed by atoms with Gasteiger partial charge in [-0.15, -0.1) is 0 Å². The Hall–Kier alpha value is -1.85. The van der Waals surface area contributed by atoms with Crippen molar-refractivity contribution in [2.24, 2.45) is 0 Å². The Morgan fingerprint density at radius 2 is 1.92 bits per heavy atom. The lowest BCUT2D eigenvalue weighted by Gasteiger charge is -2.39. The highest BCUT2D eigenvalue weighted by Gasteiger charge is 2.34. The van der Waals surface area contributed by atoms with Gasteiger partial charge in [-0.1, -0.05) is 49.4 Å². The van der Waals surface area contributed by atoms with Crippen molar-refractivity contribution in [2.75, 3.05) is 7.11 Å². The van der Waals surface area contributed by atoms with Crippen molar-refractivity contribution in [3.05, 3.63) is 59.7 Å². The largest absolute Gasteiger partial charge is 0.378 e. The molecule has 0 aliphatic heterocycles. The van der Waals surface area contributed by atoms with Gasteiger partial charge in [-0.3, -0.25) is 0 Å². The zero-order chi connectivity index (χ0) is 17.3. The van der Waals surface area contributed by atoms with Crippen LogP contribution in [0.2, 0.25) is 0 Å². The van der Waals surface area contributed by atoms with Crippen molar-refractivity contribution < 1.29 is 4.74 Å². The lowest BCUT2D eigenvalue weighted by Crippen LogP contribution is -2.35. The van der Waals surface area contributed by atoms with Crippen LogP contribution >= 0.6 is 0 Å². The van der Waals surface area contributed by atoms with Gasteiger partial charge >= 0.3 is 0 Å². The second-order valence-electron chi connectivity index (χ2n) is 6.71. The first kappa shape index (κ1) is 18.5. The van der Waals surface area contributed by atoms with Crippen molar-refractivity contribution in [3.8, 4) is 6.07 Å². The minimum absolute atomic E-state index is 0.0309. The van der Waals surface area contributed by atoms with E-state index in [1.807, 2.05) is 19.3 Å². The highest BCUT2D eigenvalue weighted by Crippen LogP contribution is 2.42. The Morgan fingerprint density at radius 3 is 2.50 bits per heavy atom. The minimum atomic E-state index is 0.0309. The fraction of sp³-hybridized carbons (Fsp3) is 0.500. The standard InChI is InChI=1S/C22H29NO/c1-3-19-9-11-20(12-10-19)21-13-16-22(24-2,17-14-21)15-7-5-4-6-8-18-23/h4-6,8-12,21H,3,7,13-17H2,1-2H3. The molecule has 0 spiro atoms. The third kappa shape index (κ3) is 5.08. The third-order valence-electron chi connectivity index (χ3n) is 5.37. The highest BCUT2D eigenvalue weighted by molar-refractivity contribution is 5.26. The molecule has 1 aromatic rings. The van der Waals surface area contributed by atoms with E-state index in [0.29, 0.717) is 5.92 Å². The number of benzene rings is 1. The Balaban J connectivity index is 1.87. The number of rotatable bonds is 7. The molecule has 2 heteroatoms. The fourth-order valence-electron chi connectivity index (χ4n) is 3.68. The summed E-state index contributed by atoms with van der Waals surface area (Å²) in [5, 5.41) is 8.46. The number of aryl methyl sites for hydroxylation is 1. The van der Waals surface area contributed by atoms with E-state index in [1.54, 1.807) is 6.08 Å². The molecule has 0 atom stereocenters. The Bertz CT molecular complexity index is 583. The van der Waals surface area contributed by atoms with Crippen molar-refractivity contribution in [2.45, 2.75) is 63.4 Å². The maximum atomic E-state index is 8.46. The molecule has 2 rings (SSSR count). The van der Waals surface area contributed by atoms with Crippen LogP contribution in [0, 0.1) is 11.3 Å². The van der Waals surface area contributed by atoms with E-state index in [1.165, 1.54) is 30.0 Å². The monoisotopic (exact) mass is 323 g/mol. The molecule has 0 bridgehead atoms. The smallest absolute Gasteiger partial charge is 0.0912 e. The van der Waals surface area contributed by atoms with Crippen LogP contribution < -0.4 is 0 Å². The van der Waals surface area contributed by atoms with E-state index < -0.39 is 0 Å². The summed E-state index contributed by atoms with van der Waals surface area (Å²) in [4.78, 5) is 0. The van der Waals surface area contributed by atoms with Gasteiger partial charge < -0.3 is 4.74 Å². The molecule has 0 heterocycles. The summed E-state index contributed by atoms with van der Waals surface area (Å²) in [6.45, 7) is 2.20. The molecule has 1 saturated carbocycles. The number of nitriles is 1. The Morgan fingerprint density at radius 1 is 1.21 bits per heavy atom. The van der Waals surface area contributed by atoms with Crippen LogP contribution in [0.3, 0.4) is 0 Å². The fourth-order valence-corrected chi connectivity index (χ4v) is 3.68. The highest BCUT2D eigenvalue weighted by atomic mass is 16.5. The molecular formula is C22H29NO. The molecule has 0 N–H and O–H groups in total. The third-order valence-corrected chi connectivity index (χ3v) is 5.37. The molecule has 0 saturated heterocycles. The average Bonchev–Trinajstić information content (AvgIpc) is 2.65. The number of hydrogen-bond acceptors (Lipinski definition) is 2. The molecule has 0 unspecified atom stereocenters. The number of nitrogens with zero attached hydrogens (tertiary/aromatic N) is 1. The van der Waals surface area contributed by atoms with E-state index in [0.717, 1.165) is 32.1 Å². The van der Waals surface area contributed by atoms with Crippen molar-refractivity contribution in [1.29, 1.82) is 5.26 Å². The van der Waals surface area contributed by atoms with Gasteiger partial charge in [0.1, 0.15) is 0 Å². The molecule has 128 valence electrons. The predicted octanol–water partition coefficient (Wildman–Crippen LogP) is 5.71. The zero-order valence-corrected chi connectivity index (χ0v) is 15.0. The topological polar surface area (TPSA) is 33.0 Å². The maximum absolute atomic E-state index is 8.46. The lowest BCUT2D eigenvalue weighted by atomic mass is 9.74. The van der Waals surface area contributed by atoms with Crippen molar-refractivity contribution in [3.63, 3.8) is 0 Å². The Kier molecular flexibility index (Phi) is 7.28. The summed E-state index contributed by atoms with van der Waals surface area (Å²) in [5.41, 5.74) is 2.93. The van der Waals surface area contributed by atoms with E-state index in [-0.39, 0.29) is 5.60 Å². The van der Waals surface area contributed by atoms with Crippen LogP contribution in [0.5, 0.6) is 0 Å². The summed E-state index contributed by atoms with van der Waals surface area (Å²) < 4.78 is 5.92. The van der Waals surface area contributed by atoms with Gasteiger partial charge in [0, 0.05) is 13.2 Å². The lowest BCUT2D eigenvalue weighted by molar-refractivity contribution is -0.0483. The average molecular weight is 323 g/mol. The van der Waals surface area contributed by atoms with Crippen LogP contribution in [0.25, 0.3) is 0 Å². The summed E-state index contributed by atoms with van der Waals surface area (Å²) in [7, 11) is 1.86. The minimum Gasteiger partial charge on any atom is -0.378 e. The van der Waals surface area contributed by atoms with Gasteiger partial charge in [0.25, 0.3) is 0 Å². The molecule has 0 radical (unpaired) electrons. The van der Waals surface area contributed by atoms with Crippen LogP contribution in [-0.4, -0.2) is 12.7 Å². The van der Waals surface area contributed by atoms with E-state index in [4.69, 9.17) is 10.00 Å². The first-order valence-electron chi connectivity index (χ1n) is 9.08. The number of allylic oxidation sites excluding steroid dienone is 4. The molecule has 1 fully saturated rings. The number of hydrogen-bond donors (Lipinski definition) is 0. The van der Waals surface area contributed by atoms with Crippen molar-refractivity contribution in [1.82, 2.24) is 0 Å². The SMILES string of the molecule is CCc1ccc(C2CCC(CCC=CC=CC#N)(OC)CC2)cc1. The number of methoxy groups -OCH3 is 1. The van der Waals surface area contributed by atoms with Gasteiger partial charge in [0.2, 0.25) is 0 Å². The predicted molar refractivity (Wildman–Crippen MR) is 99.9 cm³/mol. The van der Waals surface area contributed by atoms with Crippen LogP contribution in [0.15, 0.2) is 48.6 Å². The molecule has 0 amide bonds. The van der Waals surface area contributed by atoms with E-state index >= 15 is 0 Å². The van der Waals surface area contributed by atoms with Gasteiger partial charge in [-0.25, -0.2) is 0 Å². The van der Waals surface area contributed by atoms with E-state index in [9.17, 15) is 0 Å². The number of ether oxygens (including phenoxy) is 1. The summed E-state index contributed by atoms with van der Waals surface area (Å²) >= 11 is 0. The quantitative estimate of drug-likeness (QED) is 0.476. The Labute approximate surface area is 146 Å². The molecule has 1 aliphatic rings. The van der Waals surface area contributed by atoms with Crippen LogP contribution in [0.1, 0.15) is 62.5 Å². The normalized spacial score (nSPS) is 24.5. The molecule has 2 nitrogen and oxygen atoms in total.